The summed E-state index contributed by atoms with van der Waals surface area (Å²) in [6.45, 7) is 1.58. The molecule has 0 bridgehead atoms. The molecule has 1 aromatic heterocycles. The van der Waals surface area contributed by atoms with Crippen LogP contribution < -0.4 is 0 Å². The molecular weight excluding hydrogens is 549 g/mol. The average molecular weight is 569 g/mol. The lowest BCUT2D eigenvalue weighted by Crippen LogP contribution is -2.24. The molecule has 0 N–H and O–H groups in total. The van der Waals surface area contributed by atoms with Gasteiger partial charge in [0.05, 0.1) is 30.1 Å². The molecule has 8 nitrogen and oxygen atoms in total. The van der Waals surface area contributed by atoms with Crippen LogP contribution in [-0.2, 0) is 15.7 Å². The lowest BCUT2D eigenvalue weighted by atomic mass is 9.98. The van der Waals surface area contributed by atoms with E-state index >= 15 is 0 Å². The maximum Gasteiger partial charge on any atom is 0.417 e. The Morgan fingerprint density at radius 1 is 1.07 bits per heavy atom. The first-order valence-corrected chi connectivity index (χ1v) is 12.6. The zero-order valence-electron chi connectivity index (χ0n) is 21.3. The van der Waals surface area contributed by atoms with Crippen molar-refractivity contribution in [2.75, 3.05) is 6.61 Å². The van der Waals surface area contributed by atoms with E-state index in [1.54, 1.807) is 13.0 Å². The smallest absolute Gasteiger partial charge is 0.417 e. The topological polar surface area (TPSA) is 95.9 Å². The third-order valence-electron chi connectivity index (χ3n) is 6.72. The van der Waals surface area contributed by atoms with Crippen molar-refractivity contribution in [2.45, 2.75) is 37.9 Å². The summed E-state index contributed by atoms with van der Waals surface area (Å²) in [6.07, 6.45) is -0.389. The van der Waals surface area contributed by atoms with Gasteiger partial charge in [-0.25, -0.2) is 28.2 Å². The number of aromatic nitrogens is 5. The maximum absolute atomic E-state index is 14.3. The van der Waals surface area contributed by atoms with Gasteiger partial charge in [-0.1, -0.05) is 23.4 Å². The van der Waals surface area contributed by atoms with E-state index in [2.05, 4.69) is 20.2 Å². The number of nitrogens with zero attached hydrogens (tertiary/aromatic N) is 5. The van der Waals surface area contributed by atoms with Crippen molar-refractivity contribution in [3.63, 3.8) is 0 Å². The molecule has 0 saturated heterocycles. The highest BCUT2D eigenvalue weighted by atomic mass is 19.4. The average Bonchev–Trinajstić information content (AvgIpc) is 3.53. The molecule has 1 atom stereocenters. The summed E-state index contributed by atoms with van der Waals surface area (Å²) in [5.74, 6) is -3.12. The van der Waals surface area contributed by atoms with Gasteiger partial charge in [0.1, 0.15) is 17.1 Å². The van der Waals surface area contributed by atoms with E-state index in [0.29, 0.717) is 5.56 Å². The first-order valence-electron chi connectivity index (χ1n) is 12.6. The van der Waals surface area contributed by atoms with Gasteiger partial charge in [0.25, 0.3) is 0 Å². The number of fused-ring (bicyclic) bond motifs is 1. The highest BCUT2D eigenvalue weighted by Gasteiger charge is 2.37. The van der Waals surface area contributed by atoms with Crippen molar-refractivity contribution in [1.82, 2.24) is 24.9 Å². The van der Waals surface area contributed by atoms with Gasteiger partial charge in [-0.05, 0) is 49.4 Å². The van der Waals surface area contributed by atoms with Crippen molar-refractivity contribution in [2.24, 2.45) is 0 Å². The molecule has 6 rings (SSSR count). The van der Waals surface area contributed by atoms with Crippen molar-refractivity contribution >= 4 is 5.97 Å². The van der Waals surface area contributed by atoms with Crippen molar-refractivity contribution in [1.29, 1.82) is 0 Å². The monoisotopic (exact) mass is 569 g/mol. The highest BCUT2D eigenvalue weighted by Crippen LogP contribution is 2.44. The fourth-order valence-corrected chi connectivity index (χ4v) is 4.59. The summed E-state index contributed by atoms with van der Waals surface area (Å²) in [4.78, 5) is 21.4. The maximum atomic E-state index is 14.3. The van der Waals surface area contributed by atoms with Crippen LogP contribution in [0, 0.1) is 11.6 Å². The Labute approximate surface area is 229 Å². The van der Waals surface area contributed by atoms with Crippen LogP contribution in [0.2, 0.25) is 0 Å². The van der Waals surface area contributed by atoms with E-state index in [1.807, 2.05) is 0 Å². The number of hydrogen-bond donors (Lipinski definition) is 0. The summed E-state index contributed by atoms with van der Waals surface area (Å²) < 4.78 is 81.6. The number of esters is 1. The molecule has 210 valence electrons. The number of imidazole rings is 1. The molecule has 0 radical (unpaired) electrons. The van der Waals surface area contributed by atoms with E-state index < -0.39 is 35.4 Å². The first kappa shape index (κ1) is 26.5. The largest absolute Gasteiger partial charge is 0.464 e. The van der Waals surface area contributed by atoms with E-state index in [0.717, 1.165) is 29.7 Å². The number of halogens is 5. The Bertz CT molecular complexity index is 1730. The van der Waals surface area contributed by atoms with Crippen LogP contribution in [0.5, 0.6) is 0 Å². The van der Waals surface area contributed by atoms with Gasteiger partial charge in [0.15, 0.2) is 23.2 Å². The van der Waals surface area contributed by atoms with Gasteiger partial charge in [-0.15, -0.1) is 0 Å². The Morgan fingerprint density at radius 3 is 2.59 bits per heavy atom. The molecule has 3 heterocycles. The fraction of sp³-hybridized carbons (Fsp3) is 0.250. The summed E-state index contributed by atoms with van der Waals surface area (Å²) in [5, 5.41) is 8.02. The van der Waals surface area contributed by atoms with Crippen molar-refractivity contribution in [3.05, 3.63) is 83.4 Å². The third-order valence-corrected chi connectivity index (χ3v) is 6.72. The van der Waals surface area contributed by atoms with Crippen LogP contribution in [0.15, 0.2) is 59.4 Å². The minimum absolute atomic E-state index is 0.000832. The van der Waals surface area contributed by atoms with Crippen LogP contribution in [0.1, 0.15) is 48.6 Å². The Morgan fingerprint density at radius 2 is 1.85 bits per heavy atom. The Kier molecular flexibility index (Phi) is 6.51. The molecule has 1 saturated carbocycles. The number of hydrogen-bond acceptors (Lipinski definition) is 7. The molecule has 0 spiro atoms. The molecule has 1 unspecified atom stereocenters. The molecule has 3 aliphatic rings. The fourth-order valence-electron chi connectivity index (χ4n) is 4.59. The standard InChI is InChI=1S/C28H20F5N5O3/c1-2-40-27(39)25(38-13-22-21(12-34-38)35-26(36-22)17-4-3-5-19(29)24(17)30)23-11-20(37-41-23)16-9-8-15(14-6-7-14)10-18(16)28(31,32)33/h3-5,8-14,25H,2,6-7H2,1H3. The van der Waals surface area contributed by atoms with Gasteiger partial charge >= 0.3 is 12.1 Å². The van der Waals surface area contributed by atoms with E-state index in [1.165, 1.54) is 36.7 Å². The third kappa shape index (κ3) is 5.03. The molecule has 41 heavy (non-hydrogen) atoms. The SMILES string of the molecule is CCOC(=O)C(c1cc(-c2ccc(C3CC3)cc2C(F)(F)F)no1)n1cc2nc(-c3cccc(F)c3F)nc-2cn1. The van der Waals surface area contributed by atoms with Crippen molar-refractivity contribution in [3.8, 4) is 34.0 Å². The molecule has 1 aliphatic carbocycles. The van der Waals surface area contributed by atoms with Gasteiger partial charge in [-0.2, -0.15) is 18.3 Å². The number of alkyl halides is 3. The normalized spacial score (nSPS) is 14.4. The number of rotatable bonds is 7. The molecule has 13 heteroatoms. The molecular formula is C28H20F5N5O3. The zero-order chi connectivity index (χ0) is 28.9. The summed E-state index contributed by atoms with van der Waals surface area (Å²) in [7, 11) is 0. The van der Waals surface area contributed by atoms with E-state index in [4.69, 9.17) is 9.26 Å². The van der Waals surface area contributed by atoms with E-state index in [9.17, 15) is 26.7 Å². The second-order valence-electron chi connectivity index (χ2n) is 9.52. The van der Waals surface area contributed by atoms with Gasteiger partial charge < -0.3 is 9.26 Å². The lowest BCUT2D eigenvalue weighted by Gasteiger charge is -2.15. The van der Waals surface area contributed by atoms with Crippen molar-refractivity contribution < 1.29 is 36.0 Å². The van der Waals surface area contributed by atoms with Crippen LogP contribution in [0.3, 0.4) is 0 Å². The highest BCUT2D eigenvalue weighted by molar-refractivity contribution is 5.78. The van der Waals surface area contributed by atoms with Crippen LogP contribution in [0.25, 0.3) is 34.0 Å². The minimum Gasteiger partial charge on any atom is -0.464 e. The minimum atomic E-state index is -4.64. The Hall–Kier alpha value is -4.68. The van der Waals surface area contributed by atoms with Crippen LogP contribution in [0.4, 0.5) is 22.0 Å². The van der Waals surface area contributed by atoms with Crippen LogP contribution in [-0.4, -0.2) is 37.5 Å². The number of carbonyl (C=O) groups excluding carboxylic acids is 1. The number of benzene rings is 2. The molecule has 3 aromatic rings. The summed E-state index contributed by atoms with van der Waals surface area (Å²) in [6, 6.07) is 7.55. The molecule has 1 fully saturated rings. The van der Waals surface area contributed by atoms with Gasteiger partial charge in [0.2, 0.25) is 6.04 Å². The first-order chi connectivity index (χ1) is 19.6. The zero-order valence-corrected chi connectivity index (χ0v) is 21.3. The van der Waals surface area contributed by atoms with Gasteiger partial charge in [-0.3, -0.25) is 0 Å². The molecule has 0 amide bonds. The molecule has 2 aromatic carbocycles. The Balaban J connectivity index is 1.40. The summed E-state index contributed by atoms with van der Waals surface area (Å²) in [5.41, 5.74) is -0.322. The number of carbonyl (C=O) groups is 1. The lowest BCUT2D eigenvalue weighted by molar-refractivity contribution is -0.146. The van der Waals surface area contributed by atoms with E-state index in [-0.39, 0.29) is 52.3 Å². The summed E-state index contributed by atoms with van der Waals surface area (Å²) >= 11 is 0. The second-order valence-corrected chi connectivity index (χ2v) is 9.52. The predicted molar refractivity (Wildman–Crippen MR) is 133 cm³/mol. The van der Waals surface area contributed by atoms with Crippen LogP contribution >= 0.6 is 0 Å². The second kappa shape index (κ2) is 10.1. The van der Waals surface area contributed by atoms with Gasteiger partial charge in [0, 0.05) is 11.6 Å². The molecule has 2 aliphatic heterocycles. The quantitative estimate of drug-likeness (QED) is 0.165. The number of ether oxygens (including phenoxy) is 1. The predicted octanol–water partition coefficient (Wildman–Crippen LogP) is 6.43.